The van der Waals surface area contributed by atoms with E-state index in [9.17, 15) is 4.79 Å². The molecule has 2 atom stereocenters. The SMILES string of the molecule is CC(=O)N1CCC[C@H](c2nnc(C=C3CCC(C)CC3)o2)[C@@H]1C. The van der Waals surface area contributed by atoms with Gasteiger partial charge in [0.1, 0.15) is 0 Å². The van der Waals surface area contributed by atoms with Crippen LogP contribution in [0.2, 0.25) is 0 Å². The average Bonchev–Trinajstić information content (AvgIpc) is 2.98. The molecule has 2 heterocycles. The number of aromatic nitrogens is 2. The third kappa shape index (κ3) is 3.65. The maximum Gasteiger partial charge on any atom is 0.240 e. The third-order valence-electron chi connectivity index (χ3n) is 5.41. The fourth-order valence-corrected chi connectivity index (χ4v) is 3.82. The summed E-state index contributed by atoms with van der Waals surface area (Å²) in [6, 6.07) is 0.123. The first-order valence-corrected chi connectivity index (χ1v) is 8.84. The van der Waals surface area contributed by atoms with Crippen LogP contribution in [0.3, 0.4) is 0 Å². The van der Waals surface area contributed by atoms with Crippen LogP contribution in [-0.4, -0.2) is 33.6 Å². The van der Waals surface area contributed by atoms with Crippen molar-refractivity contribution in [3.63, 3.8) is 0 Å². The van der Waals surface area contributed by atoms with Crippen molar-refractivity contribution >= 4 is 12.0 Å². The van der Waals surface area contributed by atoms with E-state index in [1.807, 2.05) is 4.90 Å². The van der Waals surface area contributed by atoms with Crippen molar-refractivity contribution < 1.29 is 9.21 Å². The Bertz CT molecular complexity index is 583. The zero-order valence-electron chi connectivity index (χ0n) is 14.4. The highest BCUT2D eigenvalue weighted by Crippen LogP contribution is 2.33. The van der Waals surface area contributed by atoms with Gasteiger partial charge in [0.2, 0.25) is 17.7 Å². The number of nitrogens with zero attached hydrogens (tertiary/aromatic N) is 3. The summed E-state index contributed by atoms with van der Waals surface area (Å²) in [4.78, 5) is 13.6. The smallest absolute Gasteiger partial charge is 0.240 e. The highest BCUT2D eigenvalue weighted by Gasteiger charge is 2.33. The van der Waals surface area contributed by atoms with Gasteiger partial charge in [-0.05, 0) is 51.4 Å². The molecule has 0 spiro atoms. The second-order valence-corrected chi connectivity index (χ2v) is 7.17. The van der Waals surface area contributed by atoms with Gasteiger partial charge >= 0.3 is 0 Å². The zero-order chi connectivity index (χ0) is 16.4. The Morgan fingerprint density at radius 2 is 1.96 bits per heavy atom. The molecule has 0 N–H and O–H groups in total. The fraction of sp³-hybridized carbons (Fsp3) is 0.722. The number of hydrogen-bond donors (Lipinski definition) is 0. The lowest BCUT2D eigenvalue weighted by Gasteiger charge is -2.37. The van der Waals surface area contributed by atoms with E-state index in [0.29, 0.717) is 11.8 Å². The third-order valence-corrected chi connectivity index (χ3v) is 5.41. The second kappa shape index (κ2) is 6.85. The minimum atomic E-state index is 0.123. The van der Waals surface area contributed by atoms with Gasteiger partial charge < -0.3 is 9.32 Å². The Labute approximate surface area is 138 Å². The number of rotatable bonds is 2. The molecule has 1 amide bonds. The molecule has 126 valence electrons. The molecule has 23 heavy (non-hydrogen) atoms. The first-order chi connectivity index (χ1) is 11.0. The quantitative estimate of drug-likeness (QED) is 0.833. The summed E-state index contributed by atoms with van der Waals surface area (Å²) in [5.74, 6) is 2.40. The highest BCUT2D eigenvalue weighted by molar-refractivity contribution is 5.73. The molecule has 1 aliphatic heterocycles. The molecule has 1 aromatic rings. The summed E-state index contributed by atoms with van der Waals surface area (Å²) >= 11 is 0. The van der Waals surface area contributed by atoms with Gasteiger partial charge in [0.05, 0.1) is 5.92 Å². The first kappa shape index (κ1) is 16.2. The van der Waals surface area contributed by atoms with Crippen LogP contribution < -0.4 is 0 Å². The van der Waals surface area contributed by atoms with Crippen molar-refractivity contribution in [3.8, 4) is 0 Å². The average molecular weight is 317 g/mol. The number of hydrogen-bond acceptors (Lipinski definition) is 4. The van der Waals surface area contributed by atoms with E-state index < -0.39 is 0 Å². The standard InChI is InChI=1S/C18H27N3O2/c1-12-6-8-15(9-7-12)11-17-19-20-18(23-17)16-5-4-10-21(13(16)2)14(3)22/h11-13,16H,4-10H2,1-3H3/t12?,13-,16-/m0/s1. The topological polar surface area (TPSA) is 59.2 Å². The van der Waals surface area contributed by atoms with Gasteiger partial charge in [-0.3, -0.25) is 4.79 Å². The lowest BCUT2D eigenvalue weighted by atomic mass is 9.87. The van der Waals surface area contributed by atoms with Crippen LogP contribution in [0.1, 0.15) is 77.0 Å². The van der Waals surface area contributed by atoms with Crippen molar-refractivity contribution in [2.45, 2.75) is 71.3 Å². The Hall–Kier alpha value is -1.65. The Kier molecular flexibility index (Phi) is 4.83. The minimum Gasteiger partial charge on any atom is -0.421 e. The zero-order valence-corrected chi connectivity index (χ0v) is 14.4. The Morgan fingerprint density at radius 3 is 2.65 bits per heavy atom. The molecule has 5 nitrogen and oxygen atoms in total. The second-order valence-electron chi connectivity index (χ2n) is 7.17. The van der Waals surface area contributed by atoms with E-state index in [4.69, 9.17) is 4.42 Å². The summed E-state index contributed by atoms with van der Waals surface area (Å²) in [6.45, 7) is 6.85. The van der Waals surface area contributed by atoms with Crippen molar-refractivity contribution in [3.05, 3.63) is 17.4 Å². The van der Waals surface area contributed by atoms with E-state index >= 15 is 0 Å². The van der Waals surface area contributed by atoms with E-state index in [-0.39, 0.29) is 17.9 Å². The summed E-state index contributed by atoms with van der Waals surface area (Å²) in [5, 5.41) is 8.48. The summed E-state index contributed by atoms with van der Waals surface area (Å²) < 4.78 is 5.91. The number of allylic oxidation sites excluding steroid dienone is 1. The molecule has 0 aromatic carbocycles. The molecular weight excluding hydrogens is 290 g/mol. The molecule has 1 aromatic heterocycles. The molecule has 0 radical (unpaired) electrons. The van der Waals surface area contributed by atoms with Gasteiger partial charge in [-0.15, -0.1) is 10.2 Å². The molecule has 1 saturated carbocycles. The molecule has 2 fully saturated rings. The van der Waals surface area contributed by atoms with Gasteiger partial charge in [0.15, 0.2) is 0 Å². The normalized spacial score (nSPS) is 28.7. The predicted molar refractivity (Wildman–Crippen MR) is 88.7 cm³/mol. The summed E-state index contributed by atoms with van der Waals surface area (Å²) in [7, 11) is 0. The number of carbonyl (C=O) groups is 1. The molecule has 1 aliphatic carbocycles. The van der Waals surface area contributed by atoms with Gasteiger partial charge in [-0.25, -0.2) is 0 Å². The van der Waals surface area contributed by atoms with Crippen molar-refractivity contribution in [2.24, 2.45) is 5.92 Å². The molecule has 1 saturated heterocycles. The monoisotopic (exact) mass is 317 g/mol. The largest absolute Gasteiger partial charge is 0.421 e. The van der Waals surface area contributed by atoms with E-state index in [1.165, 1.54) is 18.4 Å². The van der Waals surface area contributed by atoms with Crippen LogP contribution in [0.25, 0.3) is 6.08 Å². The van der Waals surface area contributed by atoms with Crippen molar-refractivity contribution in [1.29, 1.82) is 0 Å². The minimum absolute atomic E-state index is 0.123. The predicted octanol–water partition coefficient (Wildman–Crippen LogP) is 3.78. The number of carbonyl (C=O) groups excluding carboxylic acids is 1. The molecule has 5 heteroatoms. The number of likely N-dealkylation sites (tertiary alicyclic amines) is 1. The van der Waals surface area contributed by atoms with E-state index in [0.717, 1.165) is 38.1 Å². The Morgan fingerprint density at radius 1 is 1.22 bits per heavy atom. The van der Waals surface area contributed by atoms with Crippen molar-refractivity contribution in [1.82, 2.24) is 15.1 Å². The molecule has 0 unspecified atom stereocenters. The van der Waals surface area contributed by atoms with Crippen LogP contribution in [0.4, 0.5) is 0 Å². The van der Waals surface area contributed by atoms with Gasteiger partial charge in [-0.1, -0.05) is 12.5 Å². The maximum atomic E-state index is 11.7. The first-order valence-electron chi connectivity index (χ1n) is 8.84. The van der Waals surface area contributed by atoms with Crippen LogP contribution in [0.15, 0.2) is 9.99 Å². The molecule has 3 rings (SSSR count). The Balaban J connectivity index is 1.71. The van der Waals surface area contributed by atoms with Crippen LogP contribution in [0.5, 0.6) is 0 Å². The van der Waals surface area contributed by atoms with E-state index in [1.54, 1.807) is 6.92 Å². The van der Waals surface area contributed by atoms with Gasteiger partial charge in [0, 0.05) is 25.6 Å². The van der Waals surface area contributed by atoms with Gasteiger partial charge in [-0.2, -0.15) is 0 Å². The van der Waals surface area contributed by atoms with Crippen LogP contribution in [-0.2, 0) is 4.79 Å². The molecular formula is C18H27N3O2. The van der Waals surface area contributed by atoms with Crippen LogP contribution in [0, 0.1) is 5.92 Å². The fourth-order valence-electron chi connectivity index (χ4n) is 3.82. The van der Waals surface area contributed by atoms with E-state index in [2.05, 4.69) is 30.1 Å². The summed E-state index contributed by atoms with van der Waals surface area (Å²) in [6.07, 6.45) is 8.83. The molecule has 0 bridgehead atoms. The number of piperidine rings is 1. The van der Waals surface area contributed by atoms with Crippen LogP contribution >= 0.6 is 0 Å². The highest BCUT2D eigenvalue weighted by atomic mass is 16.4. The van der Waals surface area contributed by atoms with Gasteiger partial charge in [0.25, 0.3) is 0 Å². The maximum absolute atomic E-state index is 11.7. The lowest BCUT2D eigenvalue weighted by molar-refractivity contribution is -0.132. The molecule has 2 aliphatic rings. The number of amides is 1. The van der Waals surface area contributed by atoms with Crippen molar-refractivity contribution in [2.75, 3.05) is 6.54 Å². The lowest BCUT2D eigenvalue weighted by Crippen LogP contribution is -2.44. The summed E-state index contributed by atoms with van der Waals surface area (Å²) in [5.41, 5.74) is 1.42.